The minimum Gasteiger partial charge on any atom is -0.359 e. The molecule has 0 bridgehead atoms. The molecule has 0 aromatic heterocycles. The van der Waals surface area contributed by atoms with Gasteiger partial charge in [-0.1, -0.05) is 6.07 Å². The van der Waals surface area contributed by atoms with Crippen LogP contribution < -0.4 is 0 Å². The number of ether oxygens (including phenoxy) is 1. The summed E-state index contributed by atoms with van der Waals surface area (Å²) < 4.78 is 19.0. The summed E-state index contributed by atoms with van der Waals surface area (Å²) in [5.74, 6) is -0.848. The summed E-state index contributed by atoms with van der Waals surface area (Å²) in [6.45, 7) is 1.26. The second kappa shape index (κ2) is 4.28. The standard InChI is InChI=1S/C10H9BrFNO2/c11-7-2-1-3-8(12)9(7)10(14)13-4-5-15-6-13/h1-3H,4-6H2. The lowest BCUT2D eigenvalue weighted by Gasteiger charge is -2.14. The van der Waals surface area contributed by atoms with E-state index < -0.39 is 5.82 Å². The summed E-state index contributed by atoms with van der Waals surface area (Å²) in [4.78, 5) is 13.3. The Balaban J connectivity index is 2.32. The molecule has 0 atom stereocenters. The molecule has 80 valence electrons. The molecule has 0 radical (unpaired) electrons. The molecule has 1 aromatic carbocycles. The molecule has 1 amide bonds. The zero-order valence-corrected chi connectivity index (χ0v) is 9.46. The van der Waals surface area contributed by atoms with Crippen LogP contribution in [0.1, 0.15) is 10.4 Å². The molecule has 1 fully saturated rings. The first kappa shape index (κ1) is 10.6. The summed E-state index contributed by atoms with van der Waals surface area (Å²) in [6, 6.07) is 4.47. The first-order valence-electron chi connectivity index (χ1n) is 4.51. The van der Waals surface area contributed by atoms with E-state index in [0.29, 0.717) is 17.6 Å². The minimum atomic E-state index is -0.513. The average molecular weight is 274 g/mol. The van der Waals surface area contributed by atoms with E-state index in [9.17, 15) is 9.18 Å². The molecule has 0 saturated carbocycles. The third-order valence-electron chi connectivity index (χ3n) is 2.22. The van der Waals surface area contributed by atoms with Gasteiger partial charge < -0.3 is 9.64 Å². The number of carbonyl (C=O) groups is 1. The quantitative estimate of drug-likeness (QED) is 0.784. The van der Waals surface area contributed by atoms with E-state index in [1.165, 1.54) is 11.0 Å². The van der Waals surface area contributed by atoms with Gasteiger partial charge in [-0.05, 0) is 28.1 Å². The Morgan fingerprint density at radius 1 is 1.53 bits per heavy atom. The van der Waals surface area contributed by atoms with Gasteiger partial charge in [0, 0.05) is 11.0 Å². The van der Waals surface area contributed by atoms with E-state index in [4.69, 9.17) is 4.74 Å². The number of rotatable bonds is 1. The van der Waals surface area contributed by atoms with Crippen molar-refractivity contribution in [2.75, 3.05) is 19.9 Å². The fourth-order valence-electron chi connectivity index (χ4n) is 1.43. The maximum Gasteiger partial charge on any atom is 0.259 e. The van der Waals surface area contributed by atoms with E-state index in [1.807, 2.05) is 0 Å². The lowest BCUT2D eigenvalue weighted by molar-refractivity contribution is 0.0689. The molecule has 0 unspecified atom stereocenters. The molecule has 1 aliphatic heterocycles. The lowest BCUT2D eigenvalue weighted by atomic mass is 10.2. The topological polar surface area (TPSA) is 29.5 Å². The molecule has 2 rings (SSSR count). The number of benzene rings is 1. The second-order valence-corrected chi connectivity index (χ2v) is 4.06. The zero-order chi connectivity index (χ0) is 10.8. The monoisotopic (exact) mass is 273 g/mol. The van der Waals surface area contributed by atoms with Crippen LogP contribution in [-0.4, -0.2) is 30.7 Å². The van der Waals surface area contributed by atoms with Crippen molar-refractivity contribution in [2.24, 2.45) is 0 Å². The minimum absolute atomic E-state index is 0.0722. The molecular weight excluding hydrogens is 265 g/mol. The highest BCUT2D eigenvalue weighted by atomic mass is 79.9. The van der Waals surface area contributed by atoms with Crippen molar-refractivity contribution in [3.8, 4) is 0 Å². The number of hydrogen-bond acceptors (Lipinski definition) is 2. The number of halogens is 2. The first-order valence-corrected chi connectivity index (χ1v) is 5.30. The number of hydrogen-bond donors (Lipinski definition) is 0. The summed E-state index contributed by atoms with van der Waals surface area (Å²) in [7, 11) is 0. The van der Waals surface area contributed by atoms with Crippen molar-refractivity contribution < 1.29 is 13.9 Å². The highest BCUT2D eigenvalue weighted by Crippen LogP contribution is 2.22. The predicted octanol–water partition coefficient (Wildman–Crippen LogP) is 2.02. The fraction of sp³-hybridized carbons (Fsp3) is 0.300. The molecule has 15 heavy (non-hydrogen) atoms. The Kier molecular flexibility index (Phi) is 3.02. The van der Waals surface area contributed by atoms with Crippen LogP contribution in [0.2, 0.25) is 0 Å². The van der Waals surface area contributed by atoms with Gasteiger partial charge in [-0.25, -0.2) is 4.39 Å². The third kappa shape index (κ3) is 2.03. The van der Waals surface area contributed by atoms with Crippen LogP contribution in [0.4, 0.5) is 4.39 Å². The number of nitrogens with zero attached hydrogens (tertiary/aromatic N) is 1. The van der Waals surface area contributed by atoms with Crippen LogP contribution in [0.5, 0.6) is 0 Å². The van der Waals surface area contributed by atoms with Crippen LogP contribution in [0.3, 0.4) is 0 Å². The molecule has 3 nitrogen and oxygen atoms in total. The Labute approximate surface area is 95.0 Å². The molecule has 1 aromatic rings. The summed E-state index contributed by atoms with van der Waals surface area (Å²) in [5, 5.41) is 0. The zero-order valence-electron chi connectivity index (χ0n) is 7.87. The SMILES string of the molecule is O=C(c1c(F)cccc1Br)N1CCOC1. The Bertz CT molecular complexity index is 371. The van der Waals surface area contributed by atoms with Gasteiger partial charge >= 0.3 is 0 Å². The Morgan fingerprint density at radius 3 is 2.93 bits per heavy atom. The van der Waals surface area contributed by atoms with Crippen molar-refractivity contribution in [2.45, 2.75) is 0 Å². The van der Waals surface area contributed by atoms with Gasteiger partial charge in [0.25, 0.3) is 5.91 Å². The number of carbonyl (C=O) groups excluding carboxylic acids is 1. The van der Waals surface area contributed by atoms with Crippen LogP contribution >= 0.6 is 15.9 Å². The van der Waals surface area contributed by atoms with Crippen molar-refractivity contribution in [1.29, 1.82) is 0 Å². The maximum absolute atomic E-state index is 13.4. The van der Waals surface area contributed by atoms with E-state index in [1.54, 1.807) is 12.1 Å². The van der Waals surface area contributed by atoms with Gasteiger partial charge in [0.2, 0.25) is 0 Å². The molecular formula is C10H9BrFNO2. The van der Waals surface area contributed by atoms with Crippen molar-refractivity contribution in [3.05, 3.63) is 34.1 Å². The van der Waals surface area contributed by atoms with Gasteiger partial charge in [-0.3, -0.25) is 4.79 Å². The summed E-state index contributed by atoms with van der Waals surface area (Å²) in [5.41, 5.74) is 0.0722. The first-order chi connectivity index (χ1) is 7.20. The van der Waals surface area contributed by atoms with Crippen molar-refractivity contribution >= 4 is 21.8 Å². The maximum atomic E-state index is 13.4. The van der Waals surface area contributed by atoms with Crippen molar-refractivity contribution in [3.63, 3.8) is 0 Å². The summed E-state index contributed by atoms with van der Waals surface area (Å²) in [6.07, 6.45) is 0. The van der Waals surface area contributed by atoms with Gasteiger partial charge in [0.05, 0.1) is 12.2 Å². The van der Waals surface area contributed by atoms with Crippen LogP contribution in [0.15, 0.2) is 22.7 Å². The van der Waals surface area contributed by atoms with Crippen LogP contribution in [0.25, 0.3) is 0 Å². The van der Waals surface area contributed by atoms with E-state index in [2.05, 4.69) is 15.9 Å². The smallest absolute Gasteiger partial charge is 0.259 e. The summed E-state index contributed by atoms with van der Waals surface area (Å²) >= 11 is 3.17. The fourth-order valence-corrected chi connectivity index (χ4v) is 1.95. The molecule has 0 N–H and O–H groups in total. The van der Waals surface area contributed by atoms with Gasteiger partial charge in [0.1, 0.15) is 12.5 Å². The van der Waals surface area contributed by atoms with Crippen molar-refractivity contribution in [1.82, 2.24) is 4.90 Å². The lowest BCUT2D eigenvalue weighted by Crippen LogP contribution is -2.29. The second-order valence-electron chi connectivity index (χ2n) is 3.20. The molecule has 1 heterocycles. The third-order valence-corrected chi connectivity index (χ3v) is 2.88. The van der Waals surface area contributed by atoms with Gasteiger partial charge in [0.15, 0.2) is 0 Å². The molecule has 0 spiro atoms. The molecule has 1 aliphatic rings. The van der Waals surface area contributed by atoms with Gasteiger partial charge in [-0.15, -0.1) is 0 Å². The number of amides is 1. The average Bonchev–Trinajstić information content (AvgIpc) is 2.69. The van der Waals surface area contributed by atoms with E-state index in [0.717, 1.165) is 0 Å². The van der Waals surface area contributed by atoms with Crippen LogP contribution in [-0.2, 0) is 4.74 Å². The van der Waals surface area contributed by atoms with E-state index in [-0.39, 0.29) is 18.2 Å². The highest BCUT2D eigenvalue weighted by molar-refractivity contribution is 9.10. The van der Waals surface area contributed by atoms with E-state index >= 15 is 0 Å². The molecule has 0 aliphatic carbocycles. The Morgan fingerprint density at radius 2 is 2.33 bits per heavy atom. The Hall–Kier alpha value is -0.940. The molecule has 5 heteroatoms. The van der Waals surface area contributed by atoms with Crippen LogP contribution in [0, 0.1) is 5.82 Å². The highest BCUT2D eigenvalue weighted by Gasteiger charge is 2.24. The predicted molar refractivity (Wildman–Crippen MR) is 56.0 cm³/mol. The molecule has 1 saturated heterocycles. The van der Waals surface area contributed by atoms with Gasteiger partial charge in [-0.2, -0.15) is 0 Å². The normalized spacial score (nSPS) is 15.7. The largest absolute Gasteiger partial charge is 0.359 e.